The second kappa shape index (κ2) is 9.90. The van der Waals surface area contributed by atoms with Gasteiger partial charge >= 0.3 is 23.9 Å². The average molecular weight is 475 g/mol. The Morgan fingerprint density at radius 3 is 2.42 bits per heavy atom. The zero-order valence-electron chi connectivity index (χ0n) is 18.1. The number of nitrogens with zero attached hydrogens (tertiary/aromatic N) is 1. The van der Waals surface area contributed by atoms with Crippen LogP contribution in [0.4, 0.5) is 0 Å². The summed E-state index contributed by atoms with van der Waals surface area (Å²) < 4.78 is 20.4. The lowest BCUT2D eigenvalue weighted by atomic mass is 9.92. The number of ether oxygens (including phenoxy) is 4. The molecule has 0 bridgehead atoms. The molecule has 2 heterocycles. The smallest absolute Gasteiger partial charge is 0.355 e. The van der Waals surface area contributed by atoms with Gasteiger partial charge in [0.15, 0.2) is 11.5 Å². The van der Waals surface area contributed by atoms with Crippen LogP contribution in [0.1, 0.15) is 31.1 Å². The summed E-state index contributed by atoms with van der Waals surface area (Å²) in [6.07, 6.45) is 0.618. The van der Waals surface area contributed by atoms with Gasteiger partial charge in [-0.3, -0.25) is 19.3 Å². The number of fused-ring (bicyclic) bond motifs is 1. The van der Waals surface area contributed by atoms with Crippen LogP contribution in [-0.4, -0.2) is 52.8 Å². The first kappa shape index (κ1) is 24.1. The number of rotatable bonds is 8. The monoisotopic (exact) mass is 475 g/mol. The zero-order chi connectivity index (χ0) is 24.3. The number of amides is 1. The SMILES string of the molecule is C=CCOC(=O)C1=CS[C@H]2[C@@H]([C@@H](C)OC(=O)c3ccc(OC(C)=O)c(OC(C)=O)c3)C(=O)N12. The molecule has 0 radical (unpaired) electrons. The molecular formula is C22H21NO9S. The Bertz CT molecular complexity index is 1060. The Morgan fingerprint density at radius 2 is 1.79 bits per heavy atom. The van der Waals surface area contributed by atoms with Crippen LogP contribution in [0.15, 0.2) is 42.0 Å². The Morgan fingerprint density at radius 1 is 1.12 bits per heavy atom. The van der Waals surface area contributed by atoms with E-state index in [0.29, 0.717) is 0 Å². The van der Waals surface area contributed by atoms with E-state index in [0.717, 1.165) is 6.92 Å². The van der Waals surface area contributed by atoms with Crippen molar-refractivity contribution in [2.75, 3.05) is 6.61 Å². The fourth-order valence-corrected chi connectivity index (χ4v) is 4.61. The number of carbonyl (C=O) groups is 5. The molecule has 1 fully saturated rings. The number of thioether (sulfide) groups is 1. The summed E-state index contributed by atoms with van der Waals surface area (Å²) in [6.45, 7) is 7.41. The molecule has 11 heteroatoms. The first-order valence-electron chi connectivity index (χ1n) is 9.82. The average Bonchev–Trinajstić information content (AvgIpc) is 3.11. The highest BCUT2D eigenvalue weighted by molar-refractivity contribution is 8.03. The molecule has 0 N–H and O–H groups in total. The van der Waals surface area contributed by atoms with Gasteiger partial charge < -0.3 is 18.9 Å². The fraction of sp³-hybridized carbons (Fsp3) is 0.318. The minimum atomic E-state index is -0.805. The maximum Gasteiger partial charge on any atom is 0.355 e. The van der Waals surface area contributed by atoms with E-state index >= 15 is 0 Å². The molecule has 174 valence electrons. The molecule has 0 aliphatic carbocycles. The summed E-state index contributed by atoms with van der Waals surface area (Å²) in [5, 5.41) is 1.15. The molecule has 1 amide bonds. The van der Waals surface area contributed by atoms with Crippen molar-refractivity contribution in [1.29, 1.82) is 0 Å². The van der Waals surface area contributed by atoms with Gasteiger partial charge in [-0.1, -0.05) is 12.7 Å². The molecule has 1 aromatic rings. The molecule has 0 unspecified atom stereocenters. The Balaban J connectivity index is 1.67. The number of esters is 4. The summed E-state index contributed by atoms with van der Waals surface area (Å²) in [7, 11) is 0. The van der Waals surface area contributed by atoms with Crippen LogP contribution >= 0.6 is 11.8 Å². The molecule has 0 spiro atoms. The molecule has 1 aromatic carbocycles. The van der Waals surface area contributed by atoms with Gasteiger partial charge in [0.05, 0.1) is 5.56 Å². The summed E-state index contributed by atoms with van der Waals surface area (Å²) in [5.74, 6) is -3.87. The van der Waals surface area contributed by atoms with Gasteiger partial charge in [0.2, 0.25) is 5.91 Å². The molecule has 2 aliphatic rings. The first-order chi connectivity index (χ1) is 15.6. The standard InChI is InChI=1S/C22H21NO9S/c1-5-8-29-22(28)15-10-33-20-18(19(26)23(15)20)11(2)30-21(27)14-6-7-16(31-12(3)24)17(9-14)32-13(4)25/h5-7,9-11,18,20H,1,8H2,2-4H3/t11-,18+,20+/m1/s1. The van der Waals surface area contributed by atoms with Gasteiger partial charge in [0.25, 0.3) is 0 Å². The lowest BCUT2D eigenvalue weighted by molar-refractivity contribution is -0.158. The molecule has 0 aromatic heterocycles. The van der Waals surface area contributed by atoms with Crippen LogP contribution in [0, 0.1) is 5.92 Å². The summed E-state index contributed by atoms with van der Waals surface area (Å²) in [4.78, 5) is 61.3. The van der Waals surface area contributed by atoms with Crippen molar-refractivity contribution >= 4 is 41.5 Å². The number of hydrogen-bond acceptors (Lipinski definition) is 10. The van der Waals surface area contributed by atoms with Gasteiger partial charge in [-0.05, 0) is 25.1 Å². The van der Waals surface area contributed by atoms with Crippen molar-refractivity contribution in [3.63, 3.8) is 0 Å². The van der Waals surface area contributed by atoms with Crippen LogP contribution in [0.5, 0.6) is 11.5 Å². The first-order valence-corrected chi connectivity index (χ1v) is 10.8. The van der Waals surface area contributed by atoms with Gasteiger partial charge in [0.1, 0.15) is 29.7 Å². The summed E-state index contributed by atoms with van der Waals surface area (Å²) in [6, 6.07) is 3.85. The molecule has 3 atom stereocenters. The van der Waals surface area contributed by atoms with E-state index in [4.69, 9.17) is 18.9 Å². The van der Waals surface area contributed by atoms with E-state index in [1.807, 2.05) is 0 Å². The second-order valence-electron chi connectivity index (χ2n) is 7.11. The van der Waals surface area contributed by atoms with Crippen LogP contribution in [-0.2, 0) is 28.7 Å². The fourth-order valence-electron chi connectivity index (χ4n) is 3.29. The third-order valence-electron chi connectivity index (χ3n) is 4.69. The van der Waals surface area contributed by atoms with Gasteiger partial charge in [-0.15, -0.1) is 11.8 Å². The molecule has 1 saturated heterocycles. The normalized spacial score (nSPS) is 19.4. The van der Waals surface area contributed by atoms with Crippen molar-refractivity contribution < 1.29 is 42.9 Å². The van der Waals surface area contributed by atoms with E-state index in [-0.39, 0.29) is 35.3 Å². The number of carbonyl (C=O) groups excluding carboxylic acids is 5. The lowest BCUT2D eigenvalue weighted by Crippen LogP contribution is -2.61. The van der Waals surface area contributed by atoms with Crippen LogP contribution in [0.25, 0.3) is 0 Å². The van der Waals surface area contributed by atoms with Gasteiger partial charge in [-0.2, -0.15) is 0 Å². The van der Waals surface area contributed by atoms with E-state index < -0.39 is 41.3 Å². The zero-order valence-corrected chi connectivity index (χ0v) is 18.9. The summed E-state index contributed by atoms with van der Waals surface area (Å²) >= 11 is 1.26. The highest BCUT2D eigenvalue weighted by atomic mass is 32.2. The van der Waals surface area contributed by atoms with Crippen LogP contribution in [0.3, 0.4) is 0 Å². The molecule has 0 saturated carbocycles. The van der Waals surface area contributed by atoms with E-state index in [2.05, 4.69) is 6.58 Å². The maximum atomic E-state index is 12.7. The minimum Gasteiger partial charge on any atom is -0.458 e. The Labute approximate surface area is 193 Å². The number of hydrogen-bond donors (Lipinski definition) is 0. The van der Waals surface area contributed by atoms with Crippen molar-refractivity contribution in [1.82, 2.24) is 4.90 Å². The molecule has 10 nitrogen and oxygen atoms in total. The third kappa shape index (κ3) is 5.08. The quantitative estimate of drug-likeness (QED) is 0.239. The molecule has 2 aliphatic heterocycles. The largest absolute Gasteiger partial charge is 0.458 e. The van der Waals surface area contributed by atoms with Crippen LogP contribution in [0.2, 0.25) is 0 Å². The molecule has 33 heavy (non-hydrogen) atoms. The van der Waals surface area contributed by atoms with Gasteiger partial charge in [-0.25, -0.2) is 9.59 Å². The van der Waals surface area contributed by atoms with Crippen molar-refractivity contribution in [3.8, 4) is 11.5 Å². The third-order valence-corrected chi connectivity index (χ3v) is 5.83. The molecular weight excluding hydrogens is 454 g/mol. The predicted molar refractivity (Wildman–Crippen MR) is 115 cm³/mol. The highest BCUT2D eigenvalue weighted by Crippen LogP contribution is 2.47. The number of benzene rings is 1. The topological polar surface area (TPSA) is 126 Å². The van der Waals surface area contributed by atoms with E-state index in [9.17, 15) is 24.0 Å². The number of β-lactam (4-membered cyclic amide) rings is 1. The molecule has 3 rings (SSSR count). The van der Waals surface area contributed by atoms with E-state index in [1.165, 1.54) is 47.9 Å². The van der Waals surface area contributed by atoms with Gasteiger partial charge in [0, 0.05) is 19.3 Å². The second-order valence-corrected chi connectivity index (χ2v) is 8.10. The highest BCUT2D eigenvalue weighted by Gasteiger charge is 2.56. The van der Waals surface area contributed by atoms with Crippen molar-refractivity contribution in [2.24, 2.45) is 5.92 Å². The van der Waals surface area contributed by atoms with E-state index in [1.54, 1.807) is 12.3 Å². The van der Waals surface area contributed by atoms with Crippen molar-refractivity contribution in [3.05, 3.63) is 47.5 Å². The minimum absolute atomic E-state index is 0.0244. The predicted octanol–water partition coefficient (Wildman–Crippen LogP) is 2.18. The van der Waals surface area contributed by atoms with Crippen molar-refractivity contribution in [2.45, 2.75) is 32.2 Å². The maximum absolute atomic E-state index is 12.7. The Hall–Kier alpha value is -3.60. The lowest BCUT2D eigenvalue weighted by Gasteiger charge is -2.44. The Kier molecular flexibility index (Phi) is 7.22. The van der Waals surface area contributed by atoms with Crippen LogP contribution < -0.4 is 9.47 Å². The summed E-state index contributed by atoms with van der Waals surface area (Å²) in [5.41, 5.74) is 0.169.